The lowest BCUT2D eigenvalue weighted by Gasteiger charge is -2.03. The zero-order chi connectivity index (χ0) is 13.0. The molecule has 1 aromatic carbocycles. The molecule has 96 valence electrons. The number of aromatic amines is 1. The second kappa shape index (κ2) is 5.69. The van der Waals surface area contributed by atoms with Gasteiger partial charge in [0.25, 0.3) is 5.56 Å². The van der Waals surface area contributed by atoms with Crippen molar-refractivity contribution >= 4 is 0 Å². The zero-order valence-corrected chi connectivity index (χ0v) is 10.6. The van der Waals surface area contributed by atoms with Crippen LogP contribution in [0.2, 0.25) is 0 Å². The first-order chi connectivity index (χ1) is 8.70. The van der Waals surface area contributed by atoms with Crippen molar-refractivity contribution in [1.82, 2.24) is 9.78 Å². The maximum absolute atomic E-state index is 12.1. The van der Waals surface area contributed by atoms with E-state index in [-0.39, 0.29) is 5.56 Å². The topological polar surface area (TPSA) is 63.8 Å². The zero-order valence-electron chi connectivity index (χ0n) is 10.6. The Morgan fingerprint density at radius 3 is 2.94 bits per heavy atom. The maximum atomic E-state index is 12.1. The second-order valence-electron chi connectivity index (χ2n) is 4.57. The molecular weight excluding hydrogens is 226 g/mol. The first kappa shape index (κ1) is 12.6. The molecule has 0 saturated heterocycles. The van der Waals surface area contributed by atoms with E-state index in [0.29, 0.717) is 13.1 Å². The minimum atomic E-state index is 0.0601. The molecule has 0 fully saturated rings. The van der Waals surface area contributed by atoms with Gasteiger partial charge in [-0.2, -0.15) is 0 Å². The predicted octanol–water partition coefficient (Wildman–Crippen LogP) is 1.42. The Bertz CT molecular complexity index is 568. The highest BCUT2D eigenvalue weighted by Crippen LogP contribution is 2.05. The van der Waals surface area contributed by atoms with Crippen LogP contribution in [0, 0.1) is 6.92 Å². The third kappa shape index (κ3) is 2.90. The largest absolute Gasteiger partial charge is 0.330 e. The lowest BCUT2D eigenvalue weighted by molar-refractivity contribution is 0.660. The summed E-state index contributed by atoms with van der Waals surface area (Å²) in [4.78, 5) is 12.1. The van der Waals surface area contributed by atoms with Crippen molar-refractivity contribution in [3.63, 3.8) is 0 Å². The van der Waals surface area contributed by atoms with Crippen LogP contribution >= 0.6 is 0 Å². The number of rotatable bonds is 5. The van der Waals surface area contributed by atoms with Gasteiger partial charge in [0.05, 0.1) is 6.54 Å². The quantitative estimate of drug-likeness (QED) is 0.837. The van der Waals surface area contributed by atoms with Crippen LogP contribution in [-0.2, 0) is 13.0 Å². The van der Waals surface area contributed by atoms with Crippen LogP contribution in [0.15, 0.2) is 35.3 Å². The molecule has 0 unspecified atom stereocenters. The summed E-state index contributed by atoms with van der Waals surface area (Å²) in [6, 6.07) is 8.17. The van der Waals surface area contributed by atoms with Crippen LogP contribution in [0.1, 0.15) is 23.1 Å². The van der Waals surface area contributed by atoms with Crippen LogP contribution in [0.5, 0.6) is 0 Å². The molecule has 0 aliphatic heterocycles. The summed E-state index contributed by atoms with van der Waals surface area (Å²) in [5, 5.41) is 3.01. The van der Waals surface area contributed by atoms with Gasteiger partial charge in [0.1, 0.15) is 0 Å². The molecule has 0 amide bonds. The summed E-state index contributed by atoms with van der Waals surface area (Å²) >= 11 is 0. The van der Waals surface area contributed by atoms with E-state index in [9.17, 15) is 4.79 Å². The molecule has 18 heavy (non-hydrogen) atoms. The van der Waals surface area contributed by atoms with Crippen molar-refractivity contribution in [3.05, 3.63) is 57.5 Å². The van der Waals surface area contributed by atoms with Gasteiger partial charge >= 0.3 is 0 Å². The molecule has 0 aliphatic rings. The van der Waals surface area contributed by atoms with Gasteiger partial charge in [0, 0.05) is 11.8 Å². The molecule has 0 spiro atoms. The van der Waals surface area contributed by atoms with E-state index in [1.165, 1.54) is 5.56 Å². The smallest absolute Gasteiger partial charge is 0.269 e. The van der Waals surface area contributed by atoms with Gasteiger partial charge < -0.3 is 10.8 Å². The molecule has 2 aromatic rings. The maximum Gasteiger partial charge on any atom is 0.269 e. The van der Waals surface area contributed by atoms with Gasteiger partial charge in [0.2, 0.25) is 0 Å². The van der Waals surface area contributed by atoms with Gasteiger partial charge in [-0.1, -0.05) is 29.8 Å². The second-order valence-corrected chi connectivity index (χ2v) is 4.57. The van der Waals surface area contributed by atoms with E-state index in [2.05, 4.69) is 11.2 Å². The van der Waals surface area contributed by atoms with E-state index < -0.39 is 0 Å². The third-order valence-electron chi connectivity index (χ3n) is 2.99. The van der Waals surface area contributed by atoms with Gasteiger partial charge in [-0.15, -0.1) is 0 Å². The Labute approximate surface area is 106 Å². The highest BCUT2D eigenvalue weighted by atomic mass is 16.1. The van der Waals surface area contributed by atoms with Crippen LogP contribution in [0.25, 0.3) is 0 Å². The van der Waals surface area contributed by atoms with E-state index in [1.54, 1.807) is 10.9 Å². The molecule has 3 N–H and O–H groups in total. The molecule has 0 bridgehead atoms. The minimum Gasteiger partial charge on any atom is -0.330 e. The normalized spacial score (nSPS) is 10.8. The fourth-order valence-electron chi connectivity index (χ4n) is 2.03. The number of hydrogen-bond donors (Lipinski definition) is 2. The van der Waals surface area contributed by atoms with Crippen LogP contribution in [-0.4, -0.2) is 16.3 Å². The van der Waals surface area contributed by atoms with Crippen LogP contribution < -0.4 is 11.3 Å². The number of hydrogen-bond acceptors (Lipinski definition) is 2. The van der Waals surface area contributed by atoms with Crippen molar-refractivity contribution in [2.45, 2.75) is 26.3 Å². The number of H-pyrrole nitrogens is 1. The predicted molar refractivity (Wildman–Crippen MR) is 72.7 cm³/mol. The summed E-state index contributed by atoms with van der Waals surface area (Å²) in [6.07, 6.45) is 3.37. The Morgan fingerprint density at radius 1 is 1.39 bits per heavy atom. The monoisotopic (exact) mass is 245 g/mol. The lowest BCUT2D eigenvalue weighted by Crippen LogP contribution is -2.20. The average molecular weight is 245 g/mol. The number of nitrogens with one attached hydrogen (secondary N) is 1. The van der Waals surface area contributed by atoms with Gasteiger partial charge in [-0.05, 0) is 31.9 Å². The SMILES string of the molecule is Cc1cccc(Cn2[nH]cc(CCCN)c2=O)c1. The summed E-state index contributed by atoms with van der Waals surface area (Å²) in [5.41, 5.74) is 8.66. The molecule has 0 atom stereocenters. The fraction of sp³-hybridized carbons (Fsp3) is 0.357. The third-order valence-corrected chi connectivity index (χ3v) is 2.99. The van der Waals surface area contributed by atoms with E-state index in [1.807, 2.05) is 25.1 Å². The van der Waals surface area contributed by atoms with Crippen molar-refractivity contribution in [2.24, 2.45) is 5.73 Å². The Hall–Kier alpha value is -1.81. The number of aryl methyl sites for hydroxylation is 2. The number of benzene rings is 1. The fourth-order valence-corrected chi connectivity index (χ4v) is 2.03. The first-order valence-corrected chi connectivity index (χ1v) is 6.23. The lowest BCUT2D eigenvalue weighted by atomic mass is 10.1. The Balaban J connectivity index is 2.15. The number of nitrogens with two attached hydrogens (primary N) is 1. The van der Waals surface area contributed by atoms with Crippen molar-refractivity contribution < 1.29 is 0 Å². The molecule has 2 rings (SSSR count). The van der Waals surface area contributed by atoms with Crippen LogP contribution in [0.3, 0.4) is 0 Å². The van der Waals surface area contributed by atoms with Gasteiger partial charge in [-0.3, -0.25) is 4.79 Å². The Kier molecular flexibility index (Phi) is 3.99. The molecular formula is C14H19N3O. The average Bonchev–Trinajstić information content (AvgIpc) is 2.69. The summed E-state index contributed by atoms with van der Waals surface area (Å²) in [6.45, 7) is 3.25. The van der Waals surface area contributed by atoms with E-state index >= 15 is 0 Å². The minimum absolute atomic E-state index is 0.0601. The van der Waals surface area contributed by atoms with E-state index in [0.717, 1.165) is 24.0 Å². The summed E-state index contributed by atoms with van der Waals surface area (Å²) in [5.74, 6) is 0. The molecule has 0 saturated carbocycles. The van der Waals surface area contributed by atoms with Crippen molar-refractivity contribution in [1.29, 1.82) is 0 Å². The number of nitrogens with zero attached hydrogens (tertiary/aromatic N) is 1. The van der Waals surface area contributed by atoms with Gasteiger partial charge in [0.15, 0.2) is 0 Å². The summed E-state index contributed by atoms with van der Waals surface area (Å²) < 4.78 is 1.64. The van der Waals surface area contributed by atoms with E-state index in [4.69, 9.17) is 5.73 Å². The van der Waals surface area contributed by atoms with Crippen molar-refractivity contribution in [3.8, 4) is 0 Å². The highest BCUT2D eigenvalue weighted by molar-refractivity contribution is 5.22. The van der Waals surface area contributed by atoms with Crippen LogP contribution in [0.4, 0.5) is 0 Å². The molecule has 4 heteroatoms. The standard InChI is InChI=1S/C14H19N3O/c1-11-4-2-5-12(8-11)10-17-14(18)13(9-16-17)6-3-7-15/h2,4-5,8-9,16H,3,6-7,10,15H2,1H3. The molecule has 1 aromatic heterocycles. The first-order valence-electron chi connectivity index (χ1n) is 6.23. The molecule has 1 heterocycles. The van der Waals surface area contributed by atoms with Crippen molar-refractivity contribution in [2.75, 3.05) is 6.54 Å². The number of aromatic nitrogens is 2. The summed E-state index contributed by atoms with van der Waals surface area (Å²) in [7, 11) is 0. The molecule has 0 radical (unpaired) electrons. The Morgan fingerprint density at radius 2 is 2.22 bits per heavy atom. The molecule has 4 nitrogen and oxygen atoms in total. The highest BCUT2D eigenvalue weighted by Gasteiger charge is 2.06. The molecule has 0 aliphatic carbocycles. The van der Waals surface area contributed by atoms with Gasteiger partial charge in [-0.25, -0.2) is 4.68 Å².